The maximum absolute atomic E-state index is 12.0. The summed E-state index contributed by atoms with van der Waals surface area (Å²) < 4.78 is 0. The van der Waals surface area contributed by atoms with Crippen LogP contribution in [0.1, 0.15) is 25.3 Å². The summed E-state index contributed by atoms with van der Waals surface area (Å²) >= 11 is 1.24. The van der Waals surface area contributed by atoms with Crippen LogP contribution in [0.15, 0.2) is 29.4 Å². The standard InChI is InChI=1S/C16H18N4O2S/c1-2-11-5-7-12(8-6-11)15-17-16(19-18-15)23-10-14(22)20-9-3-4-13(20)21/h5-8H,2-4,9-10H2,1H3,(H,17,18,19). The zero-order valence-electron chi connectivity index (χ0n) is 12.9. The van der Waals surface area contributed by atoms with Crippen LogP contribution in [-0.2, 0) is 16.0 Å². The van der Waals surface area contributed by atoms with Gasteiger partial charge < -0.3 is 0 Å². The third kappa shape index (κ3) is 3.61. The van der Waals surface area contributed by atoms with Crippen molar-refractivity contribution in [2.45, 2.75) is 31.3 Å². The van der Waals surface area contributed by atoms with Crippen LogP contribution >= 0.6 is 11.8 Å². The molecule has 0 atom stereocenters. The Morgan fingerprint density at radius 1 is 1.35 bits per heavy atom. The number of H-pyrrole nitrogens is 1. The number of thioether (sulfide) groups is 1. The van der Waals surface area contributed by atoms with E-state index in [1.165, 1.54) is 22.2 Å². The van der Waals surface area contributed by atoms with Crippen molar-refractivity contribution >= 4 is 23.6 Å². The lowest BCUT2D eigenvalue weighted by atomic mass is 10.1. The molecule has 1 fully saturated rings. The summed E-state index contributed by atoms with van der Waals surface area (Å²) in [5, 5.41) is 7.53. The van der Waals surface area contributed by atoms with Crippen molar-refractivity contribution in [2.24, 2.45) is 0 Å². The predicted molar refractivity (Wildman–Crippen MR) is 87.9 cm³/mol. The van der Waals surface area contributed by atoms with Crippen molar-refractivity contribution in [1.29, 1.82) is 0 Å². The molecule has 1 aliphatic heterocycles. The van der Waals surface area contributed by atoms with Gasteiger partial charge in [-0.2, -0.15) is 0 Å². The number of amides is 2. The zero-order valence-corrected chi connectivity index (χ0v) is 13.7. The molecule has 2 aromatic rings. The predicted octanol–water partition coefficient (Wildman–Crippen LogP) is 2.28. The average Bonchev–Trinajstić information content (AvgIpc) is 3.22. The van der Waals surface area contributed by atoms with Gasteiger partial charge in [0.15, 0.2) is 5.82 Å². The van der Waals surface area contributed by atoms with E-state index in [2.05, 4.69) is 34.2 Å². The second kappa shape index (κ2) is 6.95. The Labute approximate surface area is 138 Å². The van der Waals surface area contributed by atoms with E-state index in [0.717, 1.165) is 18.4 Å². The van der Waals surface area contributed by atoms with E-state index < -0.39 is 0 Å². The smallest absolute Gasteiger partial charge is 0.239 e. The monoisotopic (exact) mass is 330 g/mol. The third-order valence-electron chi connectivity index (χ3n) is 3.80. The van der Waals surface area contributed by atoms with E-state index in [1.807, 2.05) is 12.1 Å². The van der Waals surface area contributed by atoms with Crippen LogP contribution in [-0.4, -0.2) is 44.2 Å². The molecule has 1 N–H and O–H groups in total. The van der Waals surface area contributed by atoms with Gasteiger partial charge in [-0.3, -0.25) is 19.6 Å². The van der Waals surface area contributed by atoms with Crippen LogP contribution in [0.25, 0.3) is 11.4 Å². The summed E-state index contributed by atoms with van der Waals surface area (Å²) in [5.41, 5.74) is 2.23. The Kier molecular flexibility index (Phi) is 4.76. The van der Waals surface area contributed by atoms with Crippen LogP contribution in [0.5, 0.6) is 0 Å². The van der Waals surface area contributed by atoms with E-state index in [0.29, 0.717) is 23.9 Å². The molecule has 0 spiro atoms. The molecule has 6 nitrogen and oxygen atoms in total. The minimum absolute atomic E-state index is 0.0812. The molecule has 120 valence electrons. The van der Waals surface area contributed by atoms with Gasteiger partial charge >= 0.3 is 0 Å². The zero-order chi connectivity index (χ0) is 16.2. The number of carbonyl (C=O) groups excluding carboxylic acids is 2. The van der Waals surface area contributed by atoms with Crippen LogP contribution in [0.3, 0.4) is 0 Å². The first-order valence-electron chi connectivity index (χ1n) is 7.65. The van der Waals surface area contributed by atoms with E-state index in [4.69, 9.17) is 0 Å². The summed E-state index contributed by atoms with van der Waals surface area (Å²) in [6.07, 6.45) is 2.22. The molecule has 2 amide bonds. The highest BCUT2D eigenvalue weighted by molar-refractivity contribution is 7.99. The van der Waals surface area contributed by atoms with Gasteiger partial charge in [0.1, 0.15) is 0 Å². The number of hydrogen-bond donors (Lipinski definition) is 1. The molecule has 0 bridgehead atoms. The number of nitrogens with one attached hydrogen (secondary N) is 1. The second-order valence-corrected chi connectivity index (χ2v) is 6.29. The Balaban J connectivity index is 1.60. The van der Waals surface area contributed by atoms with Gasteiger partial charge in [-0.1, -0.05) is 43.0 Å². The average molecular weight is 330 g/mol. The molecule has 7 heteroatoms. The Hall–Kier alpha value is -2.15. The minimum Gasteiger partial charge on any atom is -0.282 e. The van der Waals surface area contributed by atoms with Crippen LogP contribution in [0.2, 0.25) is 0 Å². The summed E-state index contributed by atoms with van der Waals surface area (Å²) in [7, 11) is 0. The highest BCUT2D eigenvalue weighted by atomic mass is 32.2. The quantitative estimate of drug-likeness (QED) is 0.851. The fraction of sp³-hybridized carbons (Fsp3) is 0.375. The van der Waals surface area contributed by atoms with E-state index in [1.54, 1.807) is 0 Å². The normalized spacial score (nSPS) is 14.5. The number of benzene rings is 1. The number of likely N-dealkylation sites (tertiary alicyclic amines) is 1. The number of aryl methyl sites for hydroxylation is 1. The van der Waals surface area contributed by atoms with Crippen molar-refractivity contribution in [3.63, 3.8) is 0 Å². The first kappa shape index (κ1) is 15.7. The molecule has 0 unspecified atom stereocenters. The largest absolute Gasteiger partial charge is 0.282 e. The van der Waals surface area contributed by atoms with Crippen molar-refractivity contribution in [1.82, 2.24) is 20.1 Å². The van der Waals surface area contributed by atoms with E-state index in [9.17, 15) is 9.59 Å². The number of imide groups is 1. The summed E-state index contributed by atoms with van der Waals surface area (Å²) in [6, 6.07) is 8.13. The summed E-state index contributed by atoms with van der Waals surface area (Å²) in [4.78, 5) is 29.2. The maximum atomic E-state index is 12.0. The van der Waals surface area contributed by atoms with Crippen molar-refractivity contribution in [3.05, 3.63) is 29.8 Å². The fourth-order valence-electron chi connectivity index (χ4n) is 2.45. The Morgan fingerprint density at radius 3 is 2.78 bits per heavy atom. The van der Waals surface area contributed by atoms with E-state index in [-0.39, 0.29) is 17.6 Å². The number of hydrogen-bond acceptors (Lipinski definition) is 5. The van der Waals surface area contributed by atoms with Crippen molar-refractivity contribution < 1.29 is 9.59 Å². The van der Waals surface area contributed by atoms with E-state index >= 15 is 0 Å². The van der Waals surface area contributed by atoms with Gasteiger partial charge in [0.2, 0.25) is 17.0 Å². The molecule has 3 rings (SSSR count). The highest BCUT2D eigenvalue weighted by Crippen LogP contribution is 2.21. The number of rotatable bonds is 5. The topological polar surface area (TPSA) is 79.0 Å². The van der Waals surface area contributed by atoms with Crippen molar-refractivity contribution in [2.75, 3.05) is 12.3 Å². The molecular weight excluding hydrogens is 312 g/mol. The SMILES string of the molecule is CCc1ccc(-c2nc(SCC(=O)N3CCCC3=O)n[nH]2)cc1. The van der Waals surface area contributed by atoms with Gasteiger partial charge in [0.25, 0.3) is 0 Å². The lowest BCUT2D eigenvalue weighted by Gasteiger charge is -2.11. The molecule has 0 saturated carbocycles. The first-order valence-corrected chi connectivity index (χ1v) is 8.63. The van der Waals surface area contributed by atoms with Crippen LogP contribution < -0.4 is 0 Å². The van der Waals surface area contributed by atoms with Crippen LogP contribution in [0, 0.1) is 0 Å². The van der Waals surface area contributed by atoms with Gasteiger partial charge in [-0.15, -0.1) is 5.10 Å². The van der Waals surface area contributed by atoms with Crippen molar-refractivity contribution in [3.8, 4) is 11.4 Å². The molecule has 1 aromatic heterocycles. The second-order valence-electron chi connectivity index (χ2n) is 5.35. The highest BCUT2D eigenvalue weighted by Gasteiger charge is 2.26. The number of carbonyl (C=O) groups is 2. The lowest BCUT2D eigenvalue weighted by Crippen LogP contribution is -2.33. The fourth-order valence-corrected chi connectivity index (χ4v) is 3.13. The number of aromatic nitrogens is 3. The molecule has 0 aliphatic carbocycles. The molecule has 2 heterocycles. The maximum Gasteiger partial charge on any atom is 0.239 e. The number of aromatic amines is 1. The molecule has 1 aromatic carbocycles. The van der Waals surface area contributed by atoms with Gasteiger partial charge in [0, 0.05) is 18.5 Å². The Morgan fingerprint density at radius 2 is 2.13 bits per heavy atom. The molecule has 0 radical (unpaired) electrons. The molecular formula is C16H18N4O2S. The summed E-state index contributed by atoms with van der Waals surface area (Å²) in [5.74, 6) is 0.607. The third-order valence-corrected chi connectivity index (χ3v) is 4.63. The van der Waals surface area contributed by atoms with Gasteiger partial charge in [-0.05, 0) is 18.4 Å². The Bertz CT molecular complexity index is 711. The molecule has 23 heavy (non-hydrogen) atoms. The van der Waals surface area contributed by atoms with Gasteiger partial charge in [-0.25, -0.2) is 4.98 Å². The molecule has 1 saturated heterocycles. The summed E-state index contributed by atoms with van der Waals surface area (Å²) in [6.45, 7) is 2.64. The number of nitrogens with zero attached hydrogens (tertiary/aromatic N) is 3. The van der Waals surface area contributed by atoms with Gasteiger partial charge in [0.05, 0.1) is 5.75 Å². The lowest BCUT2D eigenvalue weighted by molar-refractivity contribution is -0.140. The first-order chi connectivity index (χ1) is 11.2. The molecule has 1 aliphatic rings. The minimum atomic E-state index is -0.170. The van der Waals surface area contributed by atoms with Crippen LogP contribution in [0.4, 0.5) is 0 Å².